The lowest BCUT2D eigenvalue weighted by Crippen LogP contribution is -2.28. The van der Waals surface area contributed by atoms with Crippen molar-refractivity contribution in [1.82, 2.24) is 0 Å². The number of benzene rings is 11. The maximum absolute atomic E-state index is 2.56. The summed E-state index contributed by atoms with van der Waals surface area (Å²) in [6.07, 6.45) is 0. The molecule has 292 valence electrons. The first-order chi connectivity index (χ1) is 31.3. The van der Waals surface area contributed by atoms with Crippen LogP contribution in [0.2, 0.25) is 0 Å². The van der Waals surface area contributed by atoms with Crippen molar-refractivity contribution in [2.75, 3.05) is 4.90 Å². The normalized spacial score (nSPS) is 13.2. The van der Waals surface area contributed by atoms with Gasteiger partial charge in [0, 0.05) is 37.1 Å². The summed E-state index contributed by atoms with van der Waals surface area (Å²) in [4.78, 5) is 2.56. The number of thiophene rings is 1. The number of fused-ring (bicyclic) bond motifs is 19. The van der Waals surface area contributed by atoms with Crippen molar-refractivity contribution < 1.29 is 0 Å². The Morgan fingerprint density at radius 1 is 0.317 bits per heavy atom. The molecule has 1 nitrogen and oxygen atoms in total. The van der Waals surface area contributed by atoms with Crippen LogP contribution in [-0.4, -0.2) is 0 Å². The molecule has 0 aliphatic heterocycles. The van der Waals surface area contributed by atoms with Crippen LogP contribution in [0.1, 0.15) is 22.3 Å². The molecular formula is C61H37NS. The van der Waals surface area contributed by atoms with E-state index >= 15 is 0 Å². The van der Waals surface area contributed by atoms with E-state index in [-0.39, 0.29) is 0 Å². The van der Waals surface area contributed by atoms with Crippen LogP contribution in [0.5, 0.6) is 0 Å². The molecule has 1 heterocycles. The Kier molecular flexibility index (Phi) is 7.26. The fourth-order valence-corrected chi connectivity index (χ4v) is 12.8. The second-order valence-electron chi connectivity index (χ2n) is 17.1. The van der Waals surface area contributed by atoms with Gasteiger partial charge in [0.2, 0.25) is 0 Å². The first-order valence-corrected chi connectivity index (χ1v) is 22.7. The summed E-state index contributed by atoms with van der Waals surface area (Å²) in [6, 6.07) is 84.2. The summed E-state index contributed by atoms with van der Waals surface area (Å²) in [5, 5.41) is 10.2. The lowest BCUT2D eigenvalue weighted by Gasteiger charge is -2.36. The second kappa shape index (κ2) is 13.1. The Balaban J connectivity index is 1.09. The van der Waals surface area contributed by atoms with Gasteiger partial charge in [-0.3, -0.25) is 0 Å². The molecule has 0 bridgehead atoms. The largest absolute Gasteiger partial charge is 0.310 e. The van der Waals surface area contributed by atoms with Crippen LogP contribution in [0.3, 0.4) is 0 Å². The van der Waals surface area contributed by atoms with Crippen LogP contribution in [0.25, 0.3) is 85.9 Å². The lowest BCUT2D eigenvalue weighted by atomic mass is 9.70. The zero-order valence-corrected chi connectivity index (χ0v) is 35.0. The Morgan fingerprint density at radius 3 is 1.48 bits per heavy atom. The van der Waals surface area contributed by atoms with E-state index in [0.717, 1.165) is 11.4 Å². The van der Waals surface area contributed by atoms with Gasteiger partial charge in [-0.15, -0.1) is 11.3 Å². The molecular weight excluding hydrogens is 779 g/mol. The summed E-state index contributed by atoms with van der Waals surface area (Å²) >= 11 is 1.89. The van der Waals surface area contributed by atoms with Crippen LogP contribution in [0, 0.1) is 0 Å². The molecule has 1 aromatic heterocycles. The first-order valence-electron chi connectivity index (χ1n) is 21.8. The number of rotatable bonds is 4. The van der Waals surface area contributed by atoms with E-state index < -0.39 is 5.41 Å². The van der Waals surface area contributed by atoms with Crippen LogP contribution >= 0.6 is 11.3 Å². The van der Waals surface area contributed by atoms with E-state index in [0.29, 0.717) is 0 Å². The molecule has 0 N–H and O–H groups in total. The molecule has 63 heavy (non-hydrogen) atoms. The number of anilines is 3. The maximum Gasteiger partial charge on any atom is 0.0746 e. The number of nitrogens with zero attached hydrogens (tertiary/aromatic N) is 1. The monoisotopic (exact) mass is 815 g/mol. The van der Waals surface area contributed by atoms with Crippen molar-refractivity contribution in [2.24, 2.45) is 0 Å². The highest BCUT2D eigenvalue weighted by Gasteiger charge is 2.53. The third kappa shape index (κ3) is 4.71. The van der Waals surface area contributed by atoms with Gasteiger partial charge in [-0.2, -0.15) is 0 Å². The fraction of sp³-hybridized carbons (Fsp3) is 0.0164. The zero-order chi connectivity index (χ0) is 41.2. The minimum Gasteiger partial charge on any atom is -0.310 e. The van der Waals surface area contributed by atoms with E-state index in [9.17, 15) is 0 Å². The van der Waals surface area contributed by atoms with Crippen molar-refractivity contribution in [1.29, 1.82) is 0 Å². The van der Waals surface area contributed by atoms with Crippen molar-refractivity contribution in [2.45, 2.75) is 5.41 Å². The van der Waals surface area contributed by atoms with Crippen molar-refractivity contribution >= 4 is 80.9 Å². The summed E-state index contributed by atoms with van der Waals surface area (Å²) in [6.45, 7) is 0. The van der Waals surface area contributed by atoms with Gasteiger partial charge in [-0.1, -0.05) is 188 Å². The molecule has 12 aromatic rings. The van der Waals surface area contributed by atoms with E-state index in [1.54, 1.807) is 0 Å². The van der Waals surface area contributed by atoms with Crippen LogP contribution in [0.4, 0.5) is 17.1 Å². The van der Waals surface area contributed by atoms with Crippen LogP contribution in [0.15, 0.2) is 224 Å². The molecule has 0 fully saturated rings. The molecule has 0 amide bonds. The summed E-state index contributed by atoms with van der Waals surface area (Å²) in [7, 11) is 0. The average molecular weight is 816 g/mol. The van der Waals surface area contributed by atoms with Gasteiger partial charge in [0.05, 0.1) is 11.1 Å². The van der Waals surface area contributed by atoms with E-state index in [1.165, 1.54) is 114 Å². The van der Waals surface area contributed by atoms with Crippen LogP contribution in [-0.2, 0) is 5.41 Å². The Labute approximate surface area is 369 Å². The number of hydrogen-bond donors (Lipinski definition) is 0. The van der Waals surface area contributed by atoms with Gasteiger partial charge in [-0.25, -0.2) is 0 Å². The Morgan fingerprint density at radius 2 is 0.794 bits per heavy atom. The highest BCUT2D eigenvalue weighted by atomic mass is 32.1. The van der Waals surface area contributed by atoms with Gasteiger partial charge in [-0.05, 0) is 119 Å². The van der Waals surface area contributed by atoms with Crippen molar-refractivity contribution in [3.63, 3.8) is 0 Å². The Bertz CT molecular complexity index is 3790. The highest BCUT2D eigenvalue weighted by molar-refractivity contribution is 7.26. The van der Waals surface area contributed by atoms with Crippen molar-refractivity contribution in [3.05, 3.63) is 247 Å². The summed E-state index contributed by atoms with van der Waals surface area (Å²) in [5.74, 6) is 0. The highest BCUT2D eigenvalue weighted by Crippen LogP contribution is 2.65. The molecule has 2 aliphatic carbocycles. The summed E-state index contributed by atoms with van der Waals surface area (Å²) in [5.41, 5.74) is 15.9. The molecule has 2 aliphatic rings. The van der Waals surface area contributed by atoms with E-state index in [4.69, 9.17) is 0 Å². The molecule has 0 unspecified atom stereocenters. The smallest absolute Gasteiger partial charge is 0.0746 e. The van der Waals surface area contributed by atoms with Crippen LogP contribution < -0.4 is 4.90 Å². The minimum atomic E-state index is -0.520. The second-order valence-corrected chi connectivity index (χ2v) is 18.1. The number of hydrogen-bond acceptors (Lipinski definition) is 2. The molecule has 11 aromatic carbocycles. The standard InChI is InChI=1S/C61H37NS/c1-2-20-44-42(18-1)43-19-3-4-21-45(43)53-37-40(34-35-46(44)53)62(39-17-13-16-38(36-39)41-26-14-28-52-50-25-8-12-33-58(50)63-60(41)52)57-32-15-27-51-49-24-7-11-31-56(49)61(59(51)57)54-29-9-5-22-47(54)48-23-6-10-30-55(48)61/h1-37H. The van der Waals surface area contributed by atoms with Gasteiger partial charge >= 0.3 is 0 Å². The molecule has 0 saturated heterocycles. The minimum absolute atomic E-state index is 0.520. The van der Waals surface area contributed by atoms with Crippen molar-refractivity contribution in [3.8, 4) is 33.4 Å². The topological polar surface area (TPSA) is 3.24 Å². The Hall–Kier alpha value is -7.78. The van der Waals surface area contributed by atoms with Gasteiger partial charge in [0.1, 0.15) is 0 Å². The molecule has 0 radical (unpaired) electrons. The fourth-order valence-electron chi connectivity index (χ4n) is 11.6. The third-order valence-corrected chi connectivity index (χ3v) is 15.3. The molecule has 0 saturated carbocycles. The maximum atomic E-state index is 2.56. The quantitative estimate of drug-likeness (QED) is 0.160. The van der Waals surface area contributed by atoms with E-state index in [1.807, 2.05) is 11.3 Å². The lowest BCUT2D eigenvalue weighted by molar-refractivity contribution is 0.793. The zero-order valence-electron chi connectivity index (χ0n) is 34.2. The molecule has 0 atom stereocenters. The predicted octanol–water partition coefficient (Wildman–Crippen LogP) is 17.0. The molecule has 2 heteroatoms. The molecule has 1 spiro atoms. The molecule has 14 rings (SSSR count). The van der Waals surface area contributed by atoms with E-state index in [2.05, 4.69) is 229 Å². The van der Waals surface area contributed by atoms with Gasteiger partial charge in [0.15, 0.2) is 0 Å². The van der Waals surface area contributed by atoms with Gasteiger partial charge in [0.25, 0.3) is 0 Å². The first kappa shape index (κ1) is 34.9. The van der Waals surface area contributed by atoms with Gasteiger partial charge < -0.3 is 4.90 Å². The third-order valence-electron chi connectivity index (χ3n) is 14.0. The predicted molar refractivity (Wildman–Crippen MR) is 268 cm³/mol. The SMILES string of the molecule is c1cc(-c2cccc3c2sc2ccccc23)cc(N(c2ccc3c4ccccc4c4ccccc4c3c2)c2cccc3c2C2(c4ccccc4-c4ccccc42)c2ccccc2-3)c1. The summed E-state index contributed by atoms with van der Waals surface area (Å²) < 4.78 is 2.64. The average Bonchev–Trinajstić information content (AvgIpc) is 3.99.